The molecule has 2 aromatic rings. The summed E-state index contributed by atoms with van der Waals surface area (Å²) in [4.78, 5) is 9.14. The Bertz CT molecular complexity index is 416. The lowest BCUT2D eigenvalue weighted by atomic mass is 10.4. The van der Waals surface area contributed by atoms with E-state index in [2.05, 4.69) is 9.97 Å². The van der Waals surface area contributed by atoms with Crippen molar-refractivity contribution < 1.29 is 4.74 Å². The number of nitrogens with zero attached hydrogens (tertiary/aromatic N) is 2. The molecule has 0 saturated carbocycles. The lowest BCUT2D eigenvalue weighted by molar-refractivity contribution is 0.299. The topological polar surface area (TPSA) is 61.0 Å². The SMILES string of the molecule is NCc1sccc1OCc1cnccn1. The Hall–Kier alpha value is -1.46. The molecule has 15 heavy (non-hydrogen) atoms. The lowest BCUT2D eigenvalue weighted by Crippen LogP contribution is -2.01. The van der Waals surface area contributed by atoms with Crippen molar-refractivity contribution in [2.45, 2.75) is 13.2 Å². The molecule has 2 aromatic heterocycles. The minimum atomic E-state index is 0.428. The van der Waals surface area contributed by atoms with Gasteiger partial charge in [0, 0.05) is 18.9 Å². The van der Waals surface area contributed by atoms with Crippen LogP contribution in [0.3, 0.4) is 0 Å². The van der Waals surface area contributed by atoms with Crippen LogP contribution in [0.25, 0.3) is 0 Å². The van der Waals surface area contributed by atoms with Crippen LogP contribution >= 0.6 is 11.3 Å². The Morgan fingerprint density at radius 1 is 1.40 bits per heavy atom. The Morgan fingerprint density at radius 3 is 3.07 bits per heavy atom. The monoisotopic (exact) mass is 221 g/mol. The summed E-state index contributed by atoms with van der Waals surface area (Å²) < 4.78 is 5.58. The fourth-order valence-corrected chi connectivity index (χ4v) is 1.86. The second kappa shape index (κ2) is 4.86. The third kappa shape index (κ3) is 2.51. The van der Waals surface area contributed by atoms with Crippen molar-refractivity contribution in [3.63, 3.8) is 0 Å². The van der Waals surface area contributed by atoms with E-state index in [4.69, 9.17) is 10.5 Å². The van der Waals surface area contributed by atoms with Gasteiger partial charge in [0.2, 0.25) is 0 Å². The van der Waals surface area contributed by atoms with Crippen LogP contribution in [-0.4, -0.2) is 9.97 Å². The first kappa shape index (κ1) is 10.1. The first-order valence-corrected chi connectivity index (χ1v) is 5.42. The van der Waals surface area contributed by atoms with Gasteiger partial charge in [-0.1, -0.05) is 0 Å². The van der Waals surface area contributed by atoms with Crippen LogP contribution in [0.5, 0.6) is 5.75 Å². The molecule has 0 aromatic carbocycles. The molecule has 0 bridgehead atoms. The van der Waals surface area contributed by atoms with Gasteiger partial charge in [0.05, 0.1) is 16.8 Å². The van der Waals surface area contributed by atoms with Crippen molar-refractivity contribution in [3.8, 4) is 5.75 Å². The van der Waals surface area contributed by atoms with Gasteiger partial charge in [-0.05, 0) is 11.4 Å². The molecule has 4 nitrogen and oxygen atoms in total. The summed E-state index contributed by atoms with van der Waals surface area (Å²) in [6.07, 6.45) is 4.98. The summed E-state index contributed by atoms with van der Waals surface area (Å²) in [5.74, 6) is 0.841. The van der Waals surface area contributed by atoms with Crippen LogP contribution in [0, 0.1) is 0 Å². The normalized spacial score (nSPS) is 10.2. The molecule has 0 aliphatic carbocycles. The first-order chi connectivity index (χ1) is 7.40. The summed E-state index contributed by atoms with van der Waals surface area (Å²) in [7, 11) is 0. The minimum absolute atomic E-state index is 0.428. The maximum atomic E-state index is 5.58. The summed E-state index contributed by atoms with van der Waals surface area (Å²) in [6, 6.07) is 1.92. The first-order valence-electron chi connectivity index (χ1n) is 4.54. The lowest BCUT2D eigenvalue weighted by Gasteiger charge is -2.04. The van der Waals surface area contributed by atoms with E-state index in [1.54, 1.807) is 29.9 Å². The van der Waals surface area contributed by atoms with Gasteiger partial charge in [-0.2, -0.15) is 0 Å². The molecule has 0 amide bonds. The minimum Gasteiger partial charge on any atom is -0.486 e. The van der Waals surface area contributed by atoms with E-state index < -0.39 is 0 Å². The van der Waals surface area contributed by atoms with Gasteiger partial charge < -0.3 is 10.5 Å². The highest BCUT2D eigenvalue weighted by molar-refractivity contribution is 7.10. The number of rotatable bonds is 4. The van der Waals surface area contributed by atoms with Crippen molar-refractivity contribution in [2.75, 3.05) is 0 Å². The van der Waals surface area contributed by atoms with E-state index in [1.807, 2.05) is 11.4 Å². The quantitative estimate of drug-likeness (QED) is 0.851. The molecule has 0 aliphatic heterocycles. The van der Waals surface area contributed by atoms with Gasteiger partial charge in [-0.3, -0.25) is 9.97 Å². The van der Waals surface area contributed by atoms with Gasteiger partial charge >= 0.3 is 0 Å². The van der Waals surface area contributed by atoms with Crippen LogP contribution in [-0.2, 0) is 13.2 Å². The standard InChI is InChI=1S/C10H11N3OS/c11-5-10-9(1-4-15-10)14-7-8-6-12-2-3-13-8/h1-4,6H,5,7,11H2. The highest BCUT2D eigenvalue weighted by Gasteiger charge is 2.03. The summed E-state index contributed by atoms with van der Waals surface area (Å²) in [5.41, 5.74) is 6.38. The average molecular weight is 221 g/mol. The van der Waals surface area contributed by atoms with Gasteiger partial charge in [-0.25, -0.2) is 0 Å². The number of aromatic nitrogens is 2. The molecule has 5 heteroatoms. The van der Waals surface area contributed by atoms with E-state index in [0.717, 1.165) is 16.3 Å². The summed E-state index contributed by atoms with van der Waals surface area (Å²) >= 11 is 1.60. The van der Waals surface area contributed by atoms with Crippen LogP contribution < -0.4 is 10.5 Å². The van der Waals surface area contributed by atoms with Crippen LogP contribution in [0.4, 0.5) is 0 Å². The number of nitrogens with two attached hydrogens (primary N) is 1. The number of ether oxygens (including phenoxy) is 1. The van der Waals surface area contributed by atoms with Crippen molar-refractivity contribution in [2.24, 2.45) is 5.73 Å². The molecule has 0 saturated heterocycles. The molecular weight excluding hydrogens is 210 g/mol. The second-order valence-corrected chi connectivity index (χ2v) is 3.90. The Morgan fingerprint density at radius 2 is 2.33 bits per heavy atom. The molecule has 2 rings (SSSR count). The van der Waals surface area contributed by atoms with Crippen LogP contribution in [0.1, 0.15) is 10.6 Å². The predicted molar refractivity (Wildman–Crippen MR) is 58.6 cm³/mol. The Kier molecular flexibility index (Phi) is 3.26. The fraction of sp³-hybridized carbons (Fsp3) is 0.200. The van der Waals surface area contributed by atoms with Gasteiger partial charge in [-0.15, -0.1) is 11.3 Å². The molecule has 78 valence electrons. The molecule has 0 spiro atoms. The molecule has 0 fully saturated rings. The van der Waals surface area contributed by atoms with Crippen molar-refractivity contribution in [3.05, 3.63) is 40.6 Å². The molecule has 2 N–H and O–H groups in total. The maximum absolute atomic E-state index is 5.58. The zero-order valence-corrected chi connectivity index (χ0v) is 8.91. The highest BCUT2D eigenvalue weighted by Crippen LogP contribution is 2.24. The Balaban J connectivity index is 1.99. The predicted octanol–water partition coefficient (Wildman–Crippen LogP) is 1.58. The Labute approximate surface area is 91.8 Å². The second-order valence-electron chi connectivity index (χ2n) is 2.90. The summed E-state index contributed by atoms with van der Waals surface area (Å²) in [5, 5.41) is 1.97. The number of thiophene rings is 1. The highest BCUT2D eigenvalue weighted by atomic mass is 32.1. The summed E-state index contributed by atoms with van der Waals surface area (Å²) in [6.45, 7) is 0.936. The molecule has 0 radical (unpaired) electrons. The zero-order valence-electron chi connectivity index (χ0n) is 8.09. The smallest absolute Gasteiger partial charge is 0.135 e. The van der Waals surface area contributed by atoms with Gasteiger partial charge in [0.25, 0.3) is 0 Å². The number of hydrogen-bond acceptors (Lipinski definition) is 5. The van der Waals surface area contributed by atoms with Crippen molar-refractivity contribution >= 4 is 11.3 Å². The number of hydrogen-bond donors (Lipinski definition) is 1. The third-order valence-electron chi connectivity index (χ3n) is 1.88. The van der Waals surface area contributed by atoms with Gasteiger partial charge in [0.15, 0.2) is 0 Å². The third-order valence-corrected chi connectivity index (χ3v) is 2.81. The average Bonchev–Trinajstić information content (AvgIpc) is 2.75. The van der Waals surface area contributed by atoms with E-state index >= 15 is 0 Å². The van der Waals surface area contributed by atoms with Crippen molar-refractivity contribution in [1.82, 2.24) is 9.97 Å². The van der Waals surface area contributed by atoms with Crippen molar-refractivity contribution in [1.29, 1.82) is 0 Å². The van der Waals surface area contributed by atoms with Crippen LogP contribution in [0.15, 0.2) is 30.0 Å². The largest absolute Gasteiger partial charge is 0.486 e. The zero-order chi connectivity index (χ0) is 10.5. The van der Waals surface area contributed by atoms with Gasteiger partial charge in [0.1, 0.15) is 12.4 Å². The molecule has 0 atom stereocenters. The molecule has 0 unspecified atom stereocenters. The molecule has 0 aliphatic rings. The van der Waals surface area contributed by atoms with Crippen LogP contribution in [0.2, 0.25) is 0 Å². The molecular formula is C10H11N3OS. The van der Waals surface area contributed by atoms with E-state index in [0.29, 0.717) is 13.2 Å². The fourth-order valence-electron chi connectivity index (χ4n) is 1.16. The molecule has 2 heterocycles. The maximum Gasteiger partial charge on any atom is 0.135 e. The van der Waals surface area contributed by atoms with E-state index in [9.17, 15) is 0 Å². The van der Waals surface area contributed by atoms with E-state index in [1.165, 1.54) is 0 Å². The van der Waals surface area contributed by atoms with E-state index in [-0.39, 0.29) is 0 Å².